The van der Waals surface area contributed by atoms with Crippen molar-refractivity contribution >= 4 is 0 Å². The van der Waals surface area contributed by atoms with Crippen molar-refractivity contribution in [3.63, 3.8) is 0 Å². The number of aryl methyl sites for hydroxylation is 1. The second-order valence-electron chi connectivity index (χ2n) is 6.25. The molecule has 118 valence electrons. The average Bonchev–Trinajstić information content (AvgIpc) is 2.52. The lowest BCUT2D eigenvalue weighted by atomic mass is 10.0. The highest BCUT2D eigenvalue weighted by Crippen LogP contribution is 2.15. The van der Waals surface area contributed by atoms with Gasteiger partial charge in [0.05, 0.1) is 6.61 Å². The molecule has 1 aliphatic heterocycles. The summed E-state index contributed by atoms with van der Waals surface area (Å²) in [5, 5.41) is 0. The monoisotopic (exact) mass is 290 g/mol. The first-order valence-corrected chi connectivity index (χ1v) is 8.21. The molecular formula is C18H30N2O. The lowest BCUT2D eigenvalue weighted by Gasteiger charge is -2.42. The second-order valence-corrected chi connectivity index (χ2v) is 6.25. The molecular weight excluding hydrogens is 260 g/mol. The van der Waals surface area contributed by atoms with E-state index in [2.05, 4.69) is 54.0 Å². The SMILES string of the molecule is COCCN1CCN(C(C)CCc2ccccc2)CC1C. The highest BCUT2D eigenvalue weighted by Gasteiger charge is 2.25. The molecule has 3 heteroatoms. The van der Waals surface area contributed by atoms with Gasteiger partial charge in [0.1, 0.15) is 0 Å². The molecule has 1 fully saturated rings. The van der Waals surface area contributed by atoms with Crippen molar-refractivity contribution in [2.45, 2.75) is 38.8 Å². The number of hydrogen-bond acceptors (Lipinski definition) is 3. The first kappa shape index (κ1) is 16.5. The minimum absolute atomic E-state index is 0.632. The molecule has 0 bridgehead atoms. The average molecular weight is 290 g/mol. The molecule has 1 aromatic rings. The van der Waals surface area contributed by atoms with Gasteiger partial charge >= 0.3 is 0 Å². The zero-order valence-corrected chi connectivity index (χ0v) is 13.8. The van der Waals surface area contributed by atoms with Crippen molar-refractivity contribution in [1.82, 2.24) is 9.80 Å². The summed E-state index contributed by atoms with van der Waals surface area (Å²) in [7, 11) is 1.78. The van der Waals surface area contributed by atoms with Crippen LogP contribution in [-0.4, -0.2) is 61.8 Å². The quantitative estimate of drug-likeness (QED) is 0.768. The molecule has 1 aromatic carbocycles. The van der Waals surface area contributed by atoms with Gasteiger partial charge in [0.2, 0.25) is 0 Å². The van der Waals surface area contributed by atoms with Crippen LogP contribution in [0.15, 0.2) is 30.3 Å². The van der Waals surface area contributed by atoms with E-state index in [4.69, 9.17) is 4.74 Å². The van der Waals surface area contributed by atoms with Crippen molar-refractivity contribution in [2.75, 3.05) is 39.9 Å². The van der Waals surface area contributed by atoms with E-state index in [0.717, 1.165) is 13.2 Å². The van der Waals surface area contributed by atoms with Crippen LogP contribution in [0.5, 0.6) is 0 Å². The number of methoxy groups -OCH3 is 1. The molecule has 2 rings (SSSR count). The van der Waals surface area contributed by atoms with Gasteiger partial charge in [-0.05, 0) is 32.3 Å². The maximum Gasteiger partial charge on any atom is 0.0589 e. The van der Waals surface area contributed by atoms with Crippen LogP contribution in [0.3, 0.4) is 0 Å². The Morgan fingerprint density at radius 3 is 2.67 bits per heavy atom. The number of hydrogen-bond donors (Lipinski definition) is 0. The third-order valence-electron chi connectivity index (χ3n) is 4.70. The zero-order valence-electron chi connectivity index (χ0n) is 13.8. The molecule has 0 radical (unpaired) electrons. The Balaban J connectivity index is 1.75. The largest absolute Gasteiger partial charge is 0.383 e. The molecule has 1 aliphatic rings. The van der Waals surface area contributed by atoms with Crippen LogP contribution < -0.4 is 0 Å². The van der Waals surface area contributed by atoms with Crippen molar-refractivity contribution in [2.24, 2.45) is 0 Å². The van der Waals surface area contributed by atoms with Crippen LogP contribution in [0.4, 0.5) is 0 Å². The van der Waals surface area contributed by atoms with Gasteiger partial charge < -0.3 is 4.74 Å². The number of piperazine rings is 1. The lowest BCUT2D eigenvalue weighted by Crippen LogP contribution is -2.54. The Morgan fingerprint density at radius 2 is 2.00 bits per heavy atom. The fraction of sp³-hybridized carbons (Fsp3) is 0.667. The second kappa shape index (κ2) is 8.52. The smallest absolute Gasteiger partial charge is 0.0589 e. The number of rotatable bonds is 7. The van der Waals surface area contributed by atoms with Crippen LogP contribution in [0.1, 0.15) is 25.8 Å². The van der Waals surface area contributed by atoms with Gasteiger partial charge in [-0.3, -0.25) is 9.80 Å². The van der Waals surface area contributed by atoms with Gasteiger partial charge in [-0.2, -0.15) is 0 Å². The molecule has 2 unspecified atom stereocenters. The molecule has 0 N–H and O–H groups in total. The number of nitrogens with zero attached hydrogens (tertiary/aromatic N) is 2. The Hall–Kier alpha value is -0.900. The normalized spacial score (nSPS) is 22.3. The van der Waals surface area contributed by atoms with E-state index in [9.17, 15) is 0 Å². The van der Waals surface area contributed by atoms with Crippen LogP contribution in [0.25, 0.3) is 0 Å². The van der Waals surface area contributed by atoms with E-state index >= 15 is 0 Å². The van der Waals surface area contributed by atoms with Gasteiger partial charge in [0.15, 0.2) is 0 Å². The third kappa shape index (κ3) is 5.10. The summed E-state index contributed by atoms with van der Waals surface area (Å²) < 4.78 is 5.20. The summed E-state index contributed by atoms with van der Waals surface area (Å²) in [6.07, 6.45) is 2.43. The van der Waals surface area contributed by atoms with Crippen LogP contribution >= 0.6 is 0 Å². The fourth-order valence-electron chi connectivity index (χ4n) is 3.17. The number of benzene rings is 1. The molecule has 0 spiro atoms. The van der Waals surface area contributed by atoms with Gasteiger partial charge in [-0.15, -0.1) is 0 Å². The van der Waals surface area contributed by atoms with E-state index < -0.39 is 0 Å². The van der Waals surface area contributed by atoms with E-state index in [1.165, 1.54) is 38.0 Å². The number of ether oxygens (including phenoxy) is 1. The molecule has 1 heterocycles. The van der Waals surface area contributed by atoms with E-state index in [1.807, 2.05) is 0 Å². The first-order valence-electron chi connectivity index (χ1n) is 8.21. The summed E-state index contributed by atoms with van der Waals surface area (Å²) in [4.78, 5) is 5.20. The molecule has 0 saturated carbocycles. The first-order chi connectivity index (χ1) is 10.2. The Kier molecular flexibility index (Phi) is 6.68. The van der Waals surface area contributed by atoms with E-state index in [-0.39, 0.29) is 0 Å². The predicted octanol–water partition coefficient (Wildman–Crippen LogP) is 2.66. The molecule has 2 atom stereocenters. The standard InChI is InChI=1S/C18H30N2O/c1-16(9-10-18-7-5-4-6-8-18)20-12-11-19(13-14-21-3)17(2)15-20/h4-8,16-17H,9-15H2,1-3H3. The van der Waals surface area contributed by atoms with Crippen LogP contribution in [0.2, 0.25) is 0 Å². The summed E-state index contributed by atoms with van der Waals surface area (Å²) in [5.74, 6) is 0. The lowest BCUT2D eigenvalue weighted by molar-refractivity contribution is 0.0405. The molecule has 0 amide bonds. The maximum absolute atomic E-state index is 5.20. The van der Waals surface area contributed by atoms with Crippen LogP contribution in [0, 0.1) is 0 Å². The van der Waals surface area contributed by atoms with Crippen LogP contribution in [-0.2, 0) is 11.2 Å². The highest BCUT2D eigenvalue weighted by atomic mass is 16.5. The maximum atomic E-state index is 5.20. The summed E-state index contributed by atoms with van der Waals surface area (Å²) in [5.41, 5.74) is 1.45. The van der Waals surface area contributed by atoms with Gasteiger partial charge in [0, 0.05) is 45.4 Å². The van der Waals surface area contributed by atoms with Gasteiger partial charge in [-0.25, -0.2) is 0 Å². The summed E-state index contributed by atoms with van der Waals surface area (Å²) in [6.45, 7) is 10.1. The third-order valence-corrected chi connectivity index (χ3v) is 4.70. The summed E-state index contributed by atoms with van der Waals surface area (Å²) in [6, 6.07) is 12.1. The Labute approximate surface area is 129 Å². The van der Waals surface area contributed by atoms with E-state index in [1.54, 1.807) is 7.11 Å². The molecule has 3 nitrogen and oxygen atoms in total. The van der Waals surface area contributed by atoms with Gasteiger partial charge in [-0.1, -0.05) is 30.3 Å². The minimum Gasteiger partial charge on any atom is -0.383 e. The predicted molar refractivity (Wildman–Crippen MR) is 88.7 cm³/mol. The molecule has 21 heavy (non-hydrogen) atoms. The Bertz CT molecular complexity index is 395. The fourth-order valence-corrected chi connectivity index (χ4v) is 3.17. The highest BCUT2D eigenvalue weighted by molar-refractivity contribution is 5.14. The molecule has 0 aliphatic carbocycles. The Morgan fingerprint density at radius 1 is 1.24 bits per heavy atom. The zero-order chi connectivity index (χ0) is 15.1. The van der Waals surface area contributed by atoms with Crippen molar-refractivity contribution in [1.29, 1.82) is 0 Å². The molecule has 0 aromatic heterocycles. The topological polar surface area (TPSA) is 15.7 Å². The van der Waals surface area contributed by atoms with Crippen molar-refractivity contribution in [3.8, 4) is 0 Å². The molecule has 1 saturated heterocycles. The summed E-state index contributed by atoms with van der Waals surface area (Å²) >= 11 is 0. The van der Waals surface area contributed by atoms with Gasteiger partial charge in [0.25, 0.3) is 0 Å². The minimum atomic E-state index is 0.632. The van der Waals surface area contributed by atoms with E-state index in [0.29, 0.717) is 12.1 Å². The van der Waals surface area contributed by atoms with Crippen molar-refractivity contribution in [3.05, 3.63) is 35.9 Å². The van der Waals surface area contributed by atoms with Crippen molar-refractivity contribution < 1.29 is 4.74 Å².